The summed E-state index contributed by atoms with van der Waals surface area (Å²) < 4.78 is 53.9. The van der Waals surface area contributed by atoms with Gasteiger partial charge in [-0.3, -0.25) is 5.41 Å². The van der Waals surface area contributed by atoms with Crippen LogP contribution < -0.4 is 0 Å². The van der Waals surface area contributed by atoms with Crippen molar-refractivity contribution in [1.29, 1.82) is 5.41 Å². The van der Waals surface area contributed by atoms with Gasteiger partial charge in [-0.2, -0.15) is 5.10 Å². The molecular formula is C23H19ClF2N4O2S. The van der Waals surface area contributed by atoms with Gasteiger partial charge < -0.3 is 0 Å². The van der Waals surface area contributed by atoms with E-state index >= 15 is 0 Å². The van der Waals surface area contributed by atoms with Crippen molar-refractivity contribution in [3.8, 4) is 0 Å². The summed E-state index contributed by atoms with van der Waals surface area (Å²) in [7, 11) is -3.32. The van der Waals surface area contributed by atoms with E-state index in [2.05, 4.69) is 5.10 Å². The Bertz CT molecular complexity index is 1330. The zero-order valence-corrected chi connectivity index (χ0v) is 19.0. The topological polar surface area (TPSA) is 76.8 Å². The molecule has 1 aliphatic heterocycles. The highest BCUT2D eigenvalue weighted by Crippen LogP contribution is 2.30. The highest BCUT2D eigenvalue weighted by molar-refractivity contribution is 7.89. The van der Waals surface area contributed by atoms with Gasteiger partial charge in [0, 0.05) is 24.1 Å². The average Bonchev–Trinajstić information content (AvgIpc) is 3.24. The summed E-state index contributed by atoms with van der Waals surface area (Å²) in [5.74, 6) is -2.84. The van der Waals surface area contributed by atoms with E-state index in [-0.39, 0.29) is 12.5 Å². The molecule has 3 aromatic rings. The van der Waals surface area contributed by atoms with Crippen molar-refractivity contribution in [3.05, 3.63) is 101 Å². The molecule has 0 saturated heterocycles. The molecule has 0 aromatic heterocycles. The standard InChI is InChI=1S/C23H19ClF2N4O2S/c1-29(33(31,32)21-12-11-18(25)13-20(21)26)23(27)30-14-19(15-5-3-2-4-6-15)22(28-30)16-7-9-17(24)10-8-16/h2-13,19,27H,14H2,1H3. The molecule has 0 radical (unpaired) electrons. The highest BCUT2D eigenvalue weighted by Gasteiger charge is 2.35. The van der Waals surface area contributed by atoms with Crippen LogP contribution in [0.4, 0.5) is 8.78 Å². The molecule has 0 spiro atoms. The van der Waals surface area contributed by atoms with Crippen LogP contribution in [0.1, 0.15) is 17.0 Å². The number of hydrazone groups is 1. The van der Waals surface area contributed by atoms with Crippen molar-refractivity contribution in [1.82, 2.24) is 9.31 Å². The fourth-order valence-corrected chi connectivity index (χ4v) is 4.86. The maximum absolute atomic E-state index is 14.2. The molecule has 0 aliphatic carbocycles. The van der Waals surface area contributed by atoms with Gasteiger partial charge in [0.2, 0.25) is 5.96 Å². The van der Waals surface area contributed by atoms with E-state index in [4.69, 9.17) is 17.0 Å². The number of nitrogens with one attached hydrogen (secondary N) is 1. The molecule has 6 nitrogen and oxygen atoms in total. The van der Waals surface area contributed by atoms with Gasteiger partial charge in [0.1, 0.15) is 16.5 Å². The number of rotatable bonds is 4. The molecule has 0 amide bonds. The van der Waals surface area contributed by atoms with Crippen LogP contribution >= 0.6 is 11.6 Å². The smallest absolute Gasteiger partial charge is 0.267 e. The number of hydrogen-bond donors (Lipinski definition) is 1. The number of benzene rings is 3. The van der Waals surface area contributed by atoms with Crippen LogP contribution in [0, 0.1) is 17.0 Å². The van der Waals surface area contributed by atoms with Crippen molar-refractivity contribution in [3.63, 3.8) is 0 Å². The number of sulfonamides is 1. The molecule has 4 rings (SSSR count). The van der Waals surface area contributed by atoms with Gasteiger partial charge in [-0.1, -0.05) is 54.1 Å². The minimum absolute atomic E-state index is 0.201. The minimum Gasteiger partial charge on any atom is -0.267 e. The van der Waals surface area contributed by atoms with Crippen LogP contribution in [0.5, 0.6) is 0 Å². The quantitative estimate of drug-likeness (QED) is 0.428. The first-order chi connectivity index (χ1) is 15.7. The molecule has 0 saturated carbocycles. The second kappa shape index (κ2) is 8.92. The largest absolute Gasteiger partial charge is 0.269 e. The maximum Gasteiger partial charge on any atom is 0.269 e. The summed E-state index contributed by atoms with van der Waals surface area (Å²) in [4.78, 5) is -0.725. The first-order valence-electron chi connectivity index (χ1n) is 9.88. The minimum atomic E-state index is -4.45. The molecule has 1 atom stereocenters. The molecule has 1 unspecified atom stereocenters. The molecule has 1 heterocycles. The maximum atomic E-state index is 14.2. The average molecular weight is 489 g/mol. The van der Waals surface area contributed by atoms with Crippen LogP contribution in [0.25, 0.3) is 0 Å². The summed E-state index contributed by atoms with van der Waals surface area (Å²) >= 11 is 6.01. The third-order valence-corrected chi connectivity index (χ3v) is 7.36. The van der Waals surface area contributed by atoms with Gasteiger partial charge in [-0.15, -0.1) is 0 Å². The van der Waals surface area contributed by atoms with E-state index in [1.54, 1.807) is 24.3 Å². The second-order valence-electron chi connectivity index (χ2n) is 7.41. The van der Waals surface area contributed by atoms with Crippen LogP contribution in [-0.4, -0.2) is 43.0 Å². The Morgan fingerprint density at radius 3 is 2.39 bits per heavy atom. The summed E-state index contributed by atoms with van der Waals surface area (Å²) in [6, 6.07) is 18.7. The molecule has 3 aromatic carbocycles. The van der Waals surface area contributed by atoms with E-state index in [1.807, 2.05) is 30.3 Å². The zero-order chi connectivity index (χ0) is 23.8. The lowest BCUT2D eigenvalue weighted by Crippen LogP contribution is -2.42. The summed E-state index contributed by atoms with van der Waals surface area (Å²) in [5.41, 5.74) is 2.36. The van der Waals surface area contributed by atoms with Crippen LogP contribution in [0.3, 0.4) is 0 Å². The van der Waals surface area contributed by atoms with E-state index < -0.39 is 32.5 Å². The lowest BCUT2D eigenvalue weighted by atomic mass is 9.91. The van der Waals surface area contributed by atoms with Crippen LogP contribution in [0.15, 0.2) is 82.8 Å². The fourth-order valence-electron chi connectivity index (χ4n) is 3.57. The molecule has 33 heavy (non-hydrogen) atoms. The van der Waals surface area contributed by atoms with Crippen molar-refractivity contribution in [2.45, 2.75) is 10.8 Å². The SMILES string of the molecule is CN(C(=N)N1CC(c2ccccc2)C(c2ccc(Cl)cc2)=N1)S(=O)(=O)c1ccc(F)cc1F. The Morgan fingerprint density at radius 1 is 1.09 bits per heavy atom. The first kappa shape index (κ1) is 22.9. The number of nitrogens with zero attached hydrogens (tertiary/aromatic N) is 3. The number of hydrogen-bond acceptors (Lipinski definition) is 4. The molecule has 0 fully saturated rings. The third-order valence-electron chi connectivity index (χ3n) is 5.33. The second-order valence-corrected chi connectivity index (χ2v) is 9.78. The summed E-state index contributed by atoms with van der Waals surface area (Å²) in [5, 5.41) is 14.8. The first-order valence-corrected chi connectivity index (χ1v) is 11.7. The molecule has 170 valence electrons. The van der Waals surface area contributed by atoms with Gasteiger partial charge in [-0.25, -0.2) is 26.5 Å². The molecule has 0 bridgehead atoms. The van der Waals surface area contributed by atoms with Gasteiger partial charge >= 0.3 is 0 Å². The van der Waals surface area contributed by atoms with E-state index in [1.165, 1.54) is 5.01 Å². The highest BCUT2D eigenvalue weighted by atomic mass is 35.5. The summed E-state index contributed by atoms with van der Waals surface area (Å²) in [6.45, 7) is 0.201. The van der Waals surface area contributed by atoms with Crippen LogP contribution in [0.2, 0.25) is 5.02 Å². The van der Waals surface area contributed by atoms with Crippen molar-refractivity contribution < 1.29 is 17.2 Å². The van der Waals surface area contributed by atoms with Gasteiger partial charge in [0.25, 0.3) is 10.0 Å². The monoisotopic (exact) mass is 488 g/mol. The molecular weight excluding hydrogens is 470 g/mol. The normalized spacial score (nSPS) is 15.9. The molecule has 10 heteroatoms. The van der Waals surface area contributed by atoms with E-state index in [0.29, 0.717) is 21.1 Å². The van der Waals surface area contributed by atoms with Crippen molar-refractivity contribution in [2.24, 2.45) is 5.10 Å². The zero-order valence-electron chi connectivity index (χ0n) is 17.4. The lowest BCUT2D eigenvalue weighted by molar-refractivity contribution is 0.419. The molecule has 1 N–H and O–H groups in total. The van der Waals surface area contributed by atoms with Crippen molar-refractivity contribution >= 4 is 33.3 Å². The molecule has 1 aliphatic rings. The number of guanidine groups is 1. The Labute approximate surface area is 195 Å². The lowest BCUT2D eigenvalue weighted by Gasteiger charge is -2.25. The van der Waals surface area contributed by atoms with Crippen molar-refractivity contribution in [2.75, 3.05) is 13.6 Å². The van der Waals surface area contributed by atoms with Crippen LogP contribution in [-0.2, 0) is 10.0 Å². The third kappa shape index (κ3) is 4.46. The Hall–Kier alpha value is -3.30. The van der Waals surface area contributed by atoms with Gasteiger partial charge in [0.05, 0.1) is 12.3 Å². The Balaban J connectivity index is 1.69. The van der Waals surface area contributed by atoms with Gasteiger partial charge in [0.15, 0.2) is 0 Å². The number of halogens is 3. The predicted octanol–water partition coefficient (Wildman–Crippen LogP) is 4.68. The predicted molar refractivity (Wildman–Crippen MR) is 123 cm³/mol. The Kier molecular flexibility index (Phi) is 6.18. The van der Waals surface area contributed by atoms with E-state index in [0.717, 1.165) is 30.3 Å². The summed E-state index contributed by atoms with van der Waals surface area (Å²) in [6.07, 6.45) is 0. The van der Waals surface area contributed by atoms with E-state index in [9.17, 15) is 17.2 Å². The Morgan fingerprint density at radius 2 is 1.76 bits per heavy atom. The van der Waals surface area contributed by atoms with Gasteiger partial charge in [-0.05, 0) is 35.4 Å². The fraction of sp³-hybridized carbons (Fsp3) is 0.130.